The van der Waals surface area contributed by atoms with Crippen LogP contribution in [0.1, 0.15) is 5.56 Å². The van der Waals surface area contributed by atoms with Gasteiger partial charge in [-0.2, -0.15) is 18.3 Å². The van der Waals surface area contributed by atoms with Gasteiger partial charge in [0.25, 0.3) is 10.0 Å². The van der Waals surface area contributed by atoms with Gasteiger partial charge in [0.2, 0.25) is 0 Å². The van der Waals surface area contributed by atoms with E-state index in [1.807, 2.05) is 4.72 Å². The molecule has 0 atom stereocenters. The molecule has 12 heteroatoms. The topological polar surface area (TPSA) is 76.9 Å². The van der Waals surface area contributed by atoms with Crippen LogP contribution in [0.15, 0.2) is 53.9 Å². The van der Waals surface area contributed by atoms with Gasteiger partial charge in [-0.1, -0.05) is 0 Å². The molecule has 142 valence electrons. The SMILES string of the molecule is O=S(=O)(Nc1cc(C(F)(F)F)ccc1-n1cncn1)c1ccc(F)c(F)c1. The molecular weight excluding hydrogens is 395 g/mol. The number of nitrogens with zero attached hydrogens (tertiary/aromatic N) is 3. The summed E-state index contributed by atoms with van der Waals surface area (Å²) in [6.45, 7) is 0. The van der Waals surface area contributed by atoms with Crippen molar-refractivity contribution in [2.75, 3.05) is 4.72 Å². The zero-order valence-corrected chi connectivity index (χ0v) is 13.9. The van der Waals surface area contributed by atoms with Gasteiger partial charge in [0.05, 0.1) is 21.8 Å². The van der Waals surface area contributed by atoms with Crippen molar-refractivity contribution in [1.82, 2.24) is 14.8 Å². The molecule has 0 aliphatic rings. The molecule has 0 unspecified atom stereocenters. The molecule has 3 rings (SSSR count). The predicted octanol–water partition coefficient (Wildman–Crippen LogP) is 3.37. The fourth-order valence-corrected chi connectivity index (χ4v) is 3.25. The van der Waals surface area contributed by atoms with Gasteiger partial charge in [0.15, 0.2) is 11.6 Å². The van der Waals surface area contributed by atoms with Gasteiger partial charge in [-0.15, -0.1) is 0 Å². The molecule has 0 aliphatic heterocycles. The normalized spacial score (nSPS) is 12.2. The lowest BCUT2D eigenvalue weighted by atomic mass is 10.1. The van der Waals surface area contributed by atoms with Gasteiger partial charge >= 0.3 is 6.18 Å². The van der Waals surface area contributed by atoms with Crippen molar-refractivity contribution in [3.63, 3.8) is 0 Å². The molecule has 0 bridgehead atoms. The fraction of sp³-hybridized carbons (Fsp3) is 0.0667. The van der Waals surface area contributed by atoms with Crippen LogP contribution in [0.25, 0.3) is 5.69 Å². The third-order valence-corrected chi connectivity index (χ3v) is 4.80. The van der Waals surface area contributed by atoms with Gasteiger partial charge in [-0.3, -0.25) is 4.72 Å². The van der Waals surface area contributed by atoms with Crippen LogP contribution in [0, 0.1) is 11.6 Å². The van der Waals surface area contributed by atoms with Crippen molar-refractivity contribution >= 4 is 15.7 Å². The number of halogens is 5. The summed E-state index contributed by atoms with van der Waals surface area (Å²) in [4.78, 5) is 2.98. The van der Waals surface area contributed by atoms with Crippen LogP contribution >= 0.6 is 0 Å². The van der Waals surface area contributed by atoms with Gasteiger partial charge in [0, 0.05) is 0 Å². The highest BCUT2D eigenvalue weighted by Gasteiger charge is 2.32. The monoisotopic (exact) mass is 404 g/mol. The quantitative estimate of drug-likeness (QED) is 0.677. The first-order chi connectivity index (χ1) is 12.6. The molecule has 0 saturated heterocycles. The van der Waals surface area contributed by atoms with Crippen molar-refractivity contribution in [1.29, 1.82) is 0 Å². The average Bonchev–Trinajstić information content (AvgIpc) is 3.10. The van der Waals surface area contributed by atoms with Gasteiger partial charge in [0.1, 0.15) is 12.7 Å². The number of nitrogens with one attached hydrogen (secondary N) is 1. The smallest absolute Gasteiger partial charge is 0.277 e. The van der Waals surface area contributed by atoms with Crippen LogP contribution in [-0.4, -0.2) is 23.2 Å². The molecule has 0 aliphatic carbocycles. The first-order valence-electron chi connectivity index (χ1n) is 7.12. The Labute approximate surface area is 149 Å². The van der Waals surface area contributed by atoms with Crippen LogP contribution in [0.5, 0.6) is 0 Å². The Morgan fingerprint density at radius 3 is 2.33 bits per heavy atom. The number of aromatic nitrogens is 3. The third kappa shape index (κ3) is 3.89. The summed E-state index contributed by atoms with van der Waals surface area (Å²) in [7, 11) is -4.51. The van der Waals surface area contributed by atoms with E-state index in [4.69, 9.17) is 0 Å². The van der Waals surface area contributed by atoms with Gasteiger partial charge in [-0.05, 0) is 36.4 Å². The Balaban J connectivity index is 2.09. The van der Waals surface area contributed by atoms with E-state index in [2.05, 4.69) is 10.1 Å². The summed E-state index contributed by atoms with van der Waals surface area (Å²) >= 11 is 0. The molecule has 1 N–H and O–H groups in total. The number of alkyl halides is 3. The van der Waals surface area contributed by atoms with Crippen molar-refractivity contribution < 1.29 is 30.4 Å². The van der Waals surface area contributed by atoms with Crippen LogP contribution in [-0.2, 0) is 16.2 Å². The van der Waals surface area contributed by atoms with Crippen LogP contribution in [0.4, 0.5) is 27.6 Å². The molecule has 0 amide bonds. The molecule has 3 aromatic rings. The van der Waals surface area contributed by atoms with E-state index in [1.165, 1.54) is 0 Å². The summed E-state index contributed by atoms with van der Waals surface area (Å²) in [5.41, 5.74) is -1.64. The minimum atomic E-state index is -4.73. The molecule has 6 nitrogen and oxygen atoms in total. The lowest BCUT2D eigenvalue weighted by molar-refractivity contribution is -0.137. The number of sulfonamides is 1. The van der Waals surface area contributed by atoms with E-state index < -0.39 is 44.0 Å². The summed E-state index contributed by atoms with van der Waals surface area (Å²) in [6.07, 6.45) is -2.48. The van der Waals surface area contributed by atoms with Crippen molar-refractivity contribution in [3.05, 3.63) is 66.3 Å². The lowest BCUT2D eigenvalue weighted by Gasteiger charge is -2.15. The Hall–Kier alpha value is -3.02. The van der Waals surface area contributed by atoms with Crippen molar-refractivity contribution in [3.8, 4) is 5.69 Å². The Bertz CT molecular complexity index is 1080. The second-order valence-electron chi connectivity index (χ2n) is 5.25. The summed E-state index contributed by atoms with van der Waals surface area (Å²) in [6, 6.07) is 4.10. The maximum absolute atomic E-state index is 13.3. The molecule has 0 radical (unpaired) electrons. The van der Waals surface area contributed by atoms with Gasteiger partial charge < -0.3 is 0 Å². The largest absolute Gasteiger partial charge is 0.416 e. The second-order valence-corrected chi connectivity index (χ2v) is 6.93. The Morgan fingerprint density at radius 2 is 1.74 bits per heavy atom. The molecule has 0 fully saturated rings. The average molecular weight is 404 g/mol. The van der Waals surface area contributed by atoms with Gasteiger partial charge in [-0.25, -0.2) is 26.9 Å². The maximum Gasteiger partial charge on any atom is 0.416 e. The molecule has 27 heavy (non-hydrogen) atoms. The highest BCUT2D eigenvalue weighted by molar-refractivity contribution is 7.92. The van der Waals surface area contributed by atoms with Crippen LogP contribution in [0.3, 0.4) is 0 Å². The van der Waals surface area contributed by atoms with Crippen molar-refractivity contribution in [2.45, 2.75) is 11.1 Å². The number of anilines is 1. The number of hydrogen-bond donors (Lipinski definition) is 1. The van der Waals surface area contributed by atoms with E-state index in [0.717, 1.165) is 35.5 Å². The lowest BCUT2D eigenvalue weighted by Crippen LogP contribution is -2.16. The molecular formula is C15H9F5N4O2S. The molecule has 1 heterocycles. The second kappa shape index (κ2) is 6.61. The van der Waals surface area contributed by atoms with E-state index in [1.54, 1.807) is 0 Å². The molecule has 1 aromatic heterocycles. The van der Waals surface area contributed by atoms with E-state index >= 15 is 0 Å². The minimum absolute atomic E-state index is 0.0494. The third-order valence-electron chi connectivity index (χ3n) is 3.44. The minimum Gasteiger partial charge on any atom is -0.277 e. The maximum atomic E-state index is 13.3. The zero-order chi connectivity index (χ0) is 19.8. The Kier molecular flexibility index (Phi) is 4.59. The van der Waals surface area contributed by atoms with Crippen LogP contribution < -0.4 is 4.72 Å². The highest BCUT2D eigenvalue weighted by atomic mass is 32.2. The predicted molar refractivity (Wildman–Crippen MR) is 83.5 cm³/mol. The number of rotatable bonds is 4. The van der Waals surface area contributed by atoms with E-state index in [0.29, 0.717) is 18.2 Å². The molecule has 2 aromatic carbocycles. The molecule has 0 spiro atoms. The summed E-state index contributed by atoms with van der Waals surface area (Å²) in [5.74, 6) is -2.69. The first-order valence-corrected chi connectivity index (χ1v) is 8.60. The summed E-state index contributed by atoms with van der Waals surface area (Å²) < 4.78 is 93.2. The molecule has 0 saturated carbocycles. The van der Waals surface area contributed by atoms with Crippen molar-refractivity contribution in [2.24, 2.45) is 0 Å². The Morgan fingerprint density at radius 1 is 1.00 bits per heavy atom. The summed E-state index contributed by atoms with van der Waals surface area (Å²) in [5, 5.41) is 3.75. The fourth-order valence-electron chi connectivity index (χ4n) is 2.17. The first kappa shape index (κ1) is 18.8. The van der Waals surface area contributed by atoms with Crippen LogP contribution in [0.2, 0.25) is 0 Å². The highest BCUT2D eigenvalue weighted by Crippen LogP contribution is 2.34. The standard InChI is InChI=1S/C15H9F5N4O2S/c16-11-3-2-10(6-12(11)17)27(25,26)23-13-5-9(15(18,19)20)1-4-14(13)24-8-21-7-22-24/h1-8,23H. The zero-order valence-electron chi connectivity index (χ0n) is 13.1. The number of hydrogen-bond acceptors (Lipinski definition) is 4. The van der Waals surface area contributed by atoms with E-state index in [-0.39, 0.29) is 5.69 Å². The van der Waals surface area contributed by atoms with E-state index in [9.17, 15) is 30.4 Å². The number of benzene rings is 2.